The summed E-state index contributed by atoms with van der Waals surface area (Å²) in [4.78, 5) is 0. The summed E-state index contributed by atoms with van der Waals surface area (Å²) >= 11 is 0. The van der Waals surface area contributed by atoms with Crippen LogP contribution in [0.5, 0.6) is 5.75 Å². The minimum atomic E-state index is -0.452. The lowest BCUT2D eigenvalue weighted by Gasteiger charge is -2.23. The Morgan fingerprint density at radius 3 is 2.86 bits per heavy atom. The molecule has 0 amide bonds. The maximum atomic E-state index is 13.8. The molecule has 0 bridgehead atoms. The molecule has 1 atom stereocenters. The molecule has 2 rings (SSSR count). The van der Waals surface area contributed by atoms with Crippen LogP contribution in [0.1, 0.15) is 50.2 Å². The highest BCUT2D eigenvalue weighted by Gasteiger charge is 2.16. The second-order valence-corrected chi connectivity index (χ2v) is 5.52. The highest BCUT2D eigenvalue weighted by Crippen LogP contribution is 2.26. The number of halogens is 1. The van der Waals surface area contributed by atoms with E-state index in [1.807, 2.05) is 0 Å². The third kappa shape index (κ3) is 4.93. The fourth-order valence-electron chi connectivity index (χ4n) is 2.37. The number of benzene rings is 1. The Balaban J connectivity index is 2.04. The van der Waals surface area contributed by atoms with E-state index in [1.165, 1.54) is 6.07 Å². The van der Waals surface area contributed by atoms with E-state index >= 15 is 0 Å². The smallest absolute Gasteiger partial charge is 0.158 e. The molecule has 5 heteroatoms. The molecule has 124 valence electrons. The van der Waals surface area contributed by atoms with Crippen molar-refractivity contribution in [2.24, 2.45) is 0 Å². The predicted molar refractivity (Wildman–Crippen MR) is 81.1 cm³/mol. The van der Waals surface area contributed by atoms with Crippen molar-refractivity contribution in [3.05, 3.63) is 29.1 Å². The van der Waals surface area contributed by atoms with Crippen molar-refractivity contribution < 1.29 is 23.7 Å². The average Bonchev–Trinajstić information content (AvgIpc) is 2.55. The first-order valence-electron chi connectivity index (χ1n) is 8.02. The predicted octanol–water partition coefficient (Wildman–Crippen LogP) is 3.54. The molecule has 0 aliphatic carbocycles. The van der Waals surface area contributed by atoms with E-state index in [4.69, 9.17) is 14.2 Å². The first kappa shape index (κ1) is 17.2. The van der Waals surface area contributed by atoms with Gasteiger partial charge in [-0.15, -0.1) is 0 Å². The maximum absolute atomic E-state index is 13.8. The zero-order valence-corrected chi connectivity index (χ0v) is 13.1. The fraction of sp³-hybridized carbons (Fsp3) is 0.647. The van der Waals surface area contributed by atoms with E-state index in [1.54, 1.807) is 6.07 Å². The number of aliphatic hydroxyl groups is 1. The summed E-state index contributed by atoms with van der Waals surface area (Å²) in [5, 5.41) is 9.22. The molecule has 1 unspecified atom stereocenters. The second kappa shape index (κ2) is 9.08. The average molecular weight is 312 g/mol. The van der Waals surface area contributed by atoms with E-state index in [0.717, 1.165) is 44.3 Å². The van der Waals surface area contributed by atoms with Crippen LogP contribution in [0, 0.1) is 5.82 Å². The second-order valence-electron chi connectivity index (χ2n) is 5.52. The van der Waals surface area contributed by atoms with Crippen LogP contribution in [0.3, 0.4) is 0 Å². The lowest BCUT2D eigenvalue weighted by Crippen LogP contribution is -2.22. The summed E-state index contributed by atoms with van der Waals surface area (Å²) in [6.45, 7) is 3.29. The third-order valence-corrected chi connectivity index (χ3v) is 3.72. The quantitative estimate of drug-likeness (QED) is 0.746. The van der Waals surface area contributed by atoms with E-state index in [2.05, 4.69) is 6.92 Å². The highest BCUT2D eigenvalue weighted by molar-refractivity contribution is 5.38. The van der Waals surface area contributed by atoms with Gasteiger partial charge < -0.3 is 19.3 Å². The summed E-state index contributed by atoms with van der Waals surface area (Å²) in [6.07, 6.45) is 4.75. The van der Waals surface area contributed by atoms with Crippen molar-refractivity contribution in [2.75, 3.05) is 13.2 Å². The molecule has 1 aromatic carbocycles. The Morgan fingerprint density at radius 2 is 2.18 bits per heavy atom. The Bertz CT molecular complexity index is 458. The van der Waals surface area contributed by atoms with Crippen molar-refractivity contribution in [1.82, 2.24) is 0 Å². The largest absolute Gasteiger partial charge is 0.493 e. The normalized spacial score (nSPS) is 18.4. The SMILES string of the molecule is CCCCOc1cc(F)c(CO)cc1COC1CCCCO1. The van der Waals surface area contributed by atoms with Crippen LogP contribution in [0.15, 0.2) is 12.1 Å². The van der Waals surface area contributed by atoms with Gasteiger partial charge in [0, 0.05) is 23.8 Å². The maximum Gasteiger partial charge on any atom is 0.158 e. The summed E-state index contributed by atoms with van der Waals surface area (Å²) in [5.41, 5.74) is 1.00. The van der Waals surface area contributed by atoms with Crippen molar-refractivity contribution in [3.8, 4) is 5.75 Å². The minimum Gasteiger partial charge on any atom is -0.493 e. The molecule has 1 aliphatic heterocycles. The molecule has 0 aromatic heterocycles. The molecule has 1 heterocycles. The van der Waals surface area contributed by atoms with Crippen LogP contribution in [-0.4, -0.2) is 24.6 Å². The van der Waals surface area contributed by atoms with Crippen LogP contribution >= 0.6 is 0 Å². The van der Waals surface area contributed by atoms with Crippen LogP contribution in [-0.2, 0) is 22.7 Å². The van der Waals surface area contributed by atoms with E-state index in [-0.39, 0.29) is 18.5 Å². The summed E-state index contributed by atoms with van der Waals surface area (Å²) in [7, 11) is 0. The molecule has 1 fully saturated rings. The summed E-state index contributed by atoms with van der Waals surface area (Å²) < 4.78 is 30.8. The molecular weight excluding hydrogens is 287 g/mol. The van der Waals surface area contributed by atoms with Crippen LogP contribution in [0.25, 0.3) is 0 Å². The Labute approximate surface area is 131 Å². The van der Waals surface area contributed by atoms with Crippen LogP contribution < -0.4 is 4.74 Å². The number of rotatable bonds is 8. The van der Waals surface area contributed by atoms with E-state index in [9.17, 15) is 9.50 Å². The first-order chi connectivity index (χ1) is 10.7. The van der Waals surface area contributed by atoms with Crippen molar-refractivity contribution >= 4 is 0 Å². The molecule has 1 aliphatic rings. The van der Waals surface area contributed by atoms with Crippen LogP contribution in [0.2, 0.25) is 0 Å². The highest BCUT2D eigenvalue weighted by atomic mass is 19.1. The lowest BCUT2D eigenvalue weighted by atomic mass is 10.1. The summed E-state index contributed by atoms with van der Waals surface area (Å²) in [5.74, 6) is 0.0330. The van der Waals surface area contributed by atoms with Gasteiger partial charge in [0.1, 0.15) is 11.6 Å². The molecule has 0 radical (unpaired) electrons. The number of unbranched alkanes of at least 4 members (excludes halogenated alkanes) is 1. The van der Waals surface area contributed by atoms with E-state index in [0.29, 0.717) is 19.0 Å². The monoisotopic (exact) mass is 312 g/mol. The van der Waals surface area contributed by atoms with Gasteiger partial charge in [-0.05, 0) is 31.7 Å². The zero-order chi connectivity index (χ0) is 15.8. The first-order valence-corrected chi connectivity index (χ1v) is 8.02. The van der Waals surface area contributed by atoms with Gasteiger partial charge in [0.2, 0.25) is 0 Å². The number of ether oxygens (including phenoxy) is 3. The molecule has 1 aromatic rings. The minimum absolute atomic E-state index is 0.208. The van der Waals surface area contributed by atoms with Gasteiger partial charge in [-0.1, -0.05) is 13.3 Å². The molecule has 1 N–H and O–H groups in total. The van der Waals surface area contributed by atoms with Gasteiger partial charge in [0.15, 0.2) is 6.29 Å². The number of aliphatic hydroxyl groups excluding tert-OH is 1. The van der Waals surface area contributed by atoms with Gasteiger partial charge in [-0.3, -0.25) is 0 Å². The topological polar surface area (TPSA) is 47.9 Å². The molecule has 0 saturated carbocycles. The van der Waals surface area contributed by atoms with Crippen molar-refractivity contribution in [1.29, 1.82) is 0 Å². The van der Waals surface area contributed by atoms with Crippen molar-refractivity contribution in [2.45, 2.75) is 58.5 Å². The number of hydrogen-bond acceptors (Lipinski definition) is 4. The molecule has 1 saturated heterocycles. The zero-order valence-electron chi connectivity index (χ0n) is 13.1. The standard InChI is InChI=1S/C17H25FO4/c1-2-3-7-20-16-10-15(18)13(11-19)9-14(16)12-22-17-6-4-5-8-21-17/h9-10,17,19H,2-8,11-12H2,1H3. The molecule has 0 spiro atoms. The Kier molecular flexibility index (Phi) is 7.09. The fourth-order valence-corrected chi connectivity index (χ4v) is 2.37. The third-order valence-electron chi connectivity index (χ3n) is 3.72. The van der Waals surface area contributed by atoms with Gasteiger partial charge >= 0.3 is 0 Å². The number of hydrogen-bond donors (Lipinski definition) is 1. The molecular formula is C17H25FO4. The molecule has 4 nitrogen and oxygen atoms in total. The Hall–Kier alpha value is -1.17. The van der Waals surface area contributed by atoms with Crippen molar-refractivity contribution in [3.63, 3.8) is 0 Å². The van der Waals surface area contributed by atoms with Gasteiger partial charge in [-0.2, -0.15) is 0 Å². The van der Waals surface area contributed by atoms with E-state index < -0.39 is 5.82 Å². The molecule has 22 heavy (non-hydrogen) atoms. The lowest BCUT2D eigenvalue weighted by molar-refractivity contribution is -0.169. The summed E-state index contributed by atoms with van der Waals surface area (Å²) in [6, 6.07) is 2.95. The Morgan fingerprint density at radius 1 is 1.32 bits per heavy atom. The van der Waals surface area contributed by atoms with Crippen LogP contribution in [0.4, 0.5) is 4.39 Å². The van der Waals surface area contributed by atoms with Gasteiger partial charge in [0.05, 0.1) is 19.8 Å². The van der Waals surface area contributed by atoms with Gasteiger partial charge in [-0.25, -0.2) is 4.39 Å². The van der Waals surface area contributed by atoms with Gasteiger partial charge in [0.25, 0.3) is 0 Å².